The van der Waals surface area contributed by atoms with Crippen molar-refractivity contribution in [3.05, 3.63) is 71.1 Å². The Labute approximate surface area is 232 Å². The van der Waals surface area contributed by atoms with Gasteiger partial charge >= 0.3 is 12.0 Å². The molecule has 4 rings (SSSR count). The standard InChI is InChI=1S/C29H33N5O6/c1-17(2)14-34-15-20(21-8-6-7-9-22(21)34)13-30-33-25(35)16-40-23-11-10-19(12-24(23)38-4)27-26(28(36)39-5)18(3)31-29(37)32-27/h6-13,15,17,27H,14,16H2,1-5H3,(H,33,35)(H2,31,32,37)/b30-13-/t27-/m1/s1. The van der Waals surface area contributed by atoms with Gasteiger partial charge in [0.15, 0.2) is 18.1 Å². The number of para-hydroxylation sites is 1. The van der Waals surface area contributed by atoms with Crippen LogP contribution in [0.5, 0.6) is 11.5 Å². The average Bonchev–Trinajstić information content (AvgIpc) is 3.27. The fourth-order valence-corrected chi connectivity index (χ4v) is 4.58. The number of hydrogen-bond acceptors (Lipinski definition) is 7. The molecular weight excluding hydrogens is 514 g/mol. The number of carbonyl (C=O) groups is 3. The van der Waals surface area contributed by atoms with Crippen molar-refractivity contribution in [3.8, 4) is 11.5 Å². The molecule has 3 aromatic rings. The molecule has 1 aliphatic rings. The lowest BCUT2D eigenvalue weighted by atomic mass is 9.95. The minimum Gasteiger partial charge on any atom is -0.493 e. The summed E-state index contributed by atoms with van der Waals surface area (Å²) in [4.78, 5) is 36.9. The summed E-state index contributed by atoms with van der Waals surface area (Å²) >= 11 is 0. The number of esters is 1. The summed E-state index contributed by atoms with van der Waals surface area (Å²) in [6.45, 7) is 6.51. The molecule has 11 heteroatoms. The van der Waals surface area contributed by atoms with Gasteiger partial charge in [-0.25, -0.2) is 15.0 Å². The quantitative estimate of drug-likeness (QED) is 0.202. The van der Waals surface area contributed by atoms with Crippen LogP contribution in [0.25, 0.3) is 10.9 Å². The monoisotopic (exact) mass is 547 g/mol. The van der Waals surface area contributed by atoms with E-state index in [4.69, 9.17) is 14.2 Å². The van der Waals surface area contributed by atoms with Gasteiger partial charge in [-0.2, -0.15) is 5.10 Å². The molecule has 0 unspecified atom stereocenters. The average molecular weight is 548 g/mol. The third kappa shape index (κ3) is 6.25. The summed E-state index contributed by atoms with van der Waals surface area (Å²) in [6, 6.07) is 11.8. The molecule has 1 aromatic heterocycles. The van der Waals surface area contributed by atoms with Crippen LogP contribution in [-0.2, 0) is 20.9 Å². The summed E-state index contributed by atoms with van der Waals surface area (Å²) in [5.74, 6) is 0.0861. The van der Waals surface area contributed by atoms with Gasteiger partial charge in [-0.1, -0.05) is 38.1 Å². The number of methoxy groups -OCH3 is 2. The third-order valence-corrected chi connectivity index (χ3v) is 6.33. The number of ether oxygens (including phenoxy) is 3. The summed E-state index contributed by atoms with van der Waals surface area (Å²) < 4.78 is 18.2. The number of hydrazone groups is 1. The van der Waals surface area contributed by atoms with Gasteiger partial charge in [0, 0.05) is 34.9 Å². The minimum atomic E-state index is -0.756. The molecule has 1 aliphatic heterocycles. The Morgan fingerprint density at radius 2 is 1.93 bits per heavy atom. The van der Waals surface area contributed by atoms with E-state index in [1.54, 1.807) is 31.3 Å². The predicted octanol–water partition coefficient (Wildman–Crippen LogP) is 3.64. The summed E-state index contributed by atoms with van der Waals surface area (Å²) in [7, 11) is 2.73. The van der Waals surface area contributed by atoms with E-state index in [2.05, 4.69) is 45.6 Å². The normalized spacial score (nSPS) is 15.2. The lowest BCUT2D eigenvalue weighted by molar-refractivity contribution is -0.136. The number of rotatable bonds is 10. The number of urea groups is 1. The minimum absolute atomic E-state index is 0.266. The van der Waals surface area contributed by atoms with Crippen LogP contribution < -0.4 is 25.5 Å². The Bertz CT molecular complexity index is 1490. The van der Waals surface area contributed by atoms with Crippen LogP contribution in [0, 0.1) is 5.92 Å². The zero-order chi connectivity index (χ0) is 28.8. The van der Waals surface area contributed by atoms with Gasteiger partial charge in [0.2, 0.25) is 0 Å². The number of carbonyl (C=O) groups excluding carboxylic acids is 3. The Morgan fingerprint density at radius 1 is 1.15 bits per heavy atom. The highest BCUT2D eigenvalue weighted by Gasteiger charge is 2.32. The Hall–Kier alpha value is -4.80. The molecular formula is C29H33N5O6. The van der Waals surface area contributed by atoms with E-state index in [9.17, 15) is 14.4 Å². The molecule has 0 fully saturated rings. The molecule has 2 aromatic carbocycles. The van der Waals surface area contributed by atoms with Gasteiger partial charge in [-0.3, -0.25) is 4.79 Å². The SMILES string of the molecule is COC(=O)C1=C(C)NC(=O)N[C@@H]1c1ccc(OCC(=O)N/N=C\c2cn(CC(C)C)c3ccccc23)c(OC)c1. The van der Waals surface area contributed by atoms with E-state index in [1.807, 2.05) is 24.4 Å². The van der Waals surface area contributed by atoms with Crippen molar-refractivity contribution in [2.75, 3.05) is 20.8 Å². The van der Waals surface area contributed by atoms with Gasteiger partial charge < -0.3 is 29.4 Å². The predicted molar refractivity (Wildman–Crippen MR) is 150 cm³/mol. The largest absolute Gasteiger partial charge is 0.493 e. The zero-order valence-corrected chi connectivity index (χ0v) is 23.1. The Balaban J connectivity index is 1.43. The van der Waals surface area contributed by atoms with Crippen molar-refractivity contribution >= 4 is 35.0 Å². The lowest BCUT2D eigenvalue weighted by Gasteiger charge is -2.28. The Kier molecular flexibility index (Phi) is 8.73. The smallest absolute Gasteiger partial charge is 0.337 e. The number of hydrogen-bond donors (Lipinski definition) is 3. The zero-order valence-electron chi connectivity index (χ0n) is 23.1. The molecule has 0 radical (unpaired) electrons. The van der Waals surface area contributed by atoms with Crippen molar-refractivity contribution in [2.45, 2.75) is 33.4 Å². The second-order valence-corrected chi connectivity index (χ2v) is 9.70. The van der Waals surface area contributed by atoms with Gasteiger partial charge in [-0.15, -0.1) is 0 Å². The van der Waals surface area contributed by atoms with Crippen LogP contribution in [0.2, 0.25) is 0 Å². The van der Waals surface area contributed by atoms with E-state index in [-0.39, 0.29) is 12.2 Å². The van der Waals surface area contributed by atoms with Crippen LogP contribution in [0.1, 0.15) is 37.9 Å². The van der Waals surface area contributed by atoms with Crippen molar-refractivity contribution in [2.24, 2.45) is 11.0 Å². The second-order valence-electron chi connectivity index (χ2n) is 9.70. The molecule has 2 heterocycles. The molecule has 0 bridgehead atoms. The summed E-state index contributed by atoms with van der Waals surface area (Å²) in [5.41, 5.74) is 5.73. The number of amides is 3. The molecule has 0 saturated carbocycles. The van der Waals surface area contributed by atoms with Crippen molar-refractivity contribution in [1.82, 2.24) is 20.6 Å². The van der Waals surface area contributed by atoms with E-state index in [0.29, 0.717) is 28.7 Å². The second kappa shape index (κ2) is 12.4. The van der Waals surface area contributed by atoms with Gasteiger partial charge in [0.05, 0.1) is 32.0 Å². The van der Waals surface area contributed by atoms with Gasteiger partial charge in [-0.05, 0) is 36.6 Å². The Morgan fingerprint density at radius 3 is 2.65 bits per heavy atom. The fourth-order valence-electron chi connectivity index (χ4n) is 4.58. The molecule has 0 saturated heterocycles. The first kappa shape index (κ1) is 28.2. The number of allylic oxidation sites excluding steroid dienone is 1. The molecule has 0 spiro atoms. The molecule has 11 nitrogen and oxygen atoms in total. The molecule has 40 heavy (non-hydrogen) atoms. The fraction of sp³-hybridized carbons (Fsp3) is 0.310. The molecule has 3 N–H and O–H groups in total. The van der Waals surface area contributed by atoms with Crippen molar-refractivity contribution in [3.63, 3.8) is 0 Å². The first-order valence-corrected chi connectivity index (χ1v) is 12.8. The number of fused-ring (bicyclic) bond motifs is 1. The lowest BCUT2D eigenvalue weighted by Crippen LogP contribution is -2.45. The summed E-state index contributed by atoms with van der Waals surface area (Å²) in [5, 5.41) is 10.5. The highest BCUT2D eigenvalue weighted by molar-refractivity contribution is 5.99. The van der Waals surface area contributed by atoms with E-state index >= 15 is 0 Å². The molecule has 1 atom stereocenters. The van der Waals surface area contributed by atoms with E-state index in [1.165, 1.54) is 14.2 Å². The first-order valence-electron chi connectivity index (χ1n) is 12.8. The molecule has 3 amide bonds. The number of aromatic nitrogens is 1. The first-order chi connectivity index (χ1) is 19.2. The maximum absolute atomic E-state index is 12.5. The van der Waals surface area contributed by atoms with E-state index < -0.39 is 23.9 Å². The highest BCUT2D eigenvalue weighted by Crippen LogP contribution is 2.34. The number of nitrogens with zero attached hydrogens (tertiary/aromatic N) is 2. The van der Waals surface area contributed by atoms with Crippen LogP contribution in [0.3, 0.4) is 0 Å². The number of nitrogens with one attached hydrogen (secondary N) is 3. The topological polar surface area (TPSA) is 132 Å². The maximum atomic E-state index is 12.5. The van der Waals surface area contributed by atoms with Gasteiger partial charge in [0.25, 0.3) is 5.91 Å². The maximum Gasteiger partial charge on any atom is 0.337 e. The molecule has 0 aliphatic carbocycles. The van der Waals surface area contributed by atoms with Crippen molar-refractivity contribution < 1.29 is 28.6 Å². The third-order valence-electron chi connectivity index (χ3n) is 6.33. The van der Waals surface area contributed by atoms with Crippen LogP contribution in [0.4, 0.5) is 4.79 Å². The van der Waals surface area contributed by atoms with Crippen molar-refractivity contribution in [1.29, 1.82) is 0 Å². The van der Waals surface area contributed by atoms with Crippen LogP contribution >= 0.6 is 0 Å². The summed E-state index contributed by atoms with van der Waals surface area (Å²) in [6.07, 6.45) is 3.64. The van der Waals surface area contributed by atoms with Crippen LogP contribution in [0.15, 0.2) is 65.0 Å². The van der Waals surface area contributed by atoms with E-state index in [0.717, 1.165) is 23.0 Å². The van der Waals surface area contributed by atoms with Crippen LogP contribution in [-0.4, -0.2) is 49.5 Å². The highest BCUT2D eigenvalue weighted by atomic mass is 16.5. The van der Waals surface area contributed by atoms with Gasteiger partial charge in [0.1, 0.15) is 0 Å². The molecule has 210 valence electrons. The number of benzene rings is 2.